The maximum Gasteiger partial charge on any atom is 0 e. The number of rotatable bonds is 0. The molecule has 0 bridgehead atoms. The molecule has 2 radical (unpaired) electrons. The predicted molar refractivity (Wildman–Crippen MR) is 0 cm³/mol. The average molecular weight is 337 g/mol. The summed E-state index contributed by atoms with van der Waals surface area (Å²) in [6.45, 7) is 0. The first-order valence-electron chi connectivity index (χ1n) is 0. The minimum absolute atomic E-state index is 0. The van der Waals surface area contributed by atoms with Gasteiger partial charge in [-0.1, -0.05) is 0 Å². The van der Waals surface area contributed by atoms with Crippen molar-refractivity contribution in [2.45, 2.75) is 0 Å². The maximum absolute atomic E-state index is 0. The predicted octanol–water partition coefficient (Wildman–Crippen LogP) is -0.00750. The number of hydrogen-bond donors (Lipinski definition) is 0. The van der Waals surface area contributed by atoms with Crippen molar-refractivity contribution in [3.8, 4) is 0 Å². The molecule has 0 nitrogen and oxygen atoms in total. The molecule has 4 heteroatoms. The Morgan fingerprint density at radius 1 is 1.00 bits per heavy atom. The Bertz CT molecular complexity index is 8.00. The van der Waals surface area contributed by atoms with Crippen LogP contribution in [0.5, 0.6) is 0 Å². The summed E-state index contributed by atoms with van der Waals surface area (Å²) in [6.07, 6.45) is 0. The molecule has 4 heavy (non-hydrogen) atoms. The van der Waals surface area contributed by atoms with Gasteiger partial charge in [0.2, 0.25) is 0 Å². The quantitative estimate of drug-likeness (QED) is 0.546. The van der Waals surface area contributed by atoms with Gasteiger partial charge in [-0.3, -0.25) is 0 Å². The van der Waals surface area contributed by atoms with E-state index in [-0.39, 0.29) is 104 Å². The van der Waals surface area contributed by atoms with Crippen LogP contribution in [-0.4, -0.2) is 0 Å². The number of hydrogen-bond acceptors (Lipinski definition) is 0. The van der Waals surface area contributed by atoms with E-state index in [4.69, 9.17) is 0 Å². The Balaban J connectivity index is 0. The van der Waals surface area contributed by atoms with Crippen LogP contribution in [0.4, 0.5) is 0 Å². The second-order valence-corrected chi connectivity index (χ2v) is 0. The van der Waals surface area contributed by atoms with Crippen LogP contribution in [-0.2, 0) is 61.8 Å². The molecule has 0 saturated heterocycles. The van der Waals surface area contributed by atoms with Crippen molar-refractivity contribution in [3.63, 3.8) is 0 Å². The third-order valence-corrected chi connectivity index (χ3v) is 0. The molecule has 20 valence electrons. The van der Waals surface area contributed by atoms with Gasteiger partial charge in [-0.2, -0.15) is 0 Å². The van der Waals surface area contributed by atoms with Gasteiger partial charge in [-0.25, -0.2) is 0 Å². The van der Waals surface area contributed by atoms with E-state index in [9.17, 15) is 0 Å². The molecule has 0 aromatic rings. The Hall–Kier alpha value is 3.36. The van der Waals surface area contributed by atoms with Crippen LogP contribution in [0.3, 0.4) is 0 Å². The normalized spacial score (nSPS) is 0. The van der Waals surface area contributed by atoms with Gasteiger partial charge in [0.15, 0.2) is 0 Å². The van der Waals surface area contributed by atoms with Crippen molar-refractivity contribution in [2.75, 3.05) is 0 Å². The van der Waals surface area contributed by atoms with Crippen LogP contribution in [0.2, 0.25) is 0 Å². The van der Waals surface area contributed by atoms with Crippen LogP contribution in [0.1, 0.15) is 0 Å². The Morgan fingerprint density at radius 2 is 1.00 bits per heavy atom. The van der Waals surface area contributed by atoms with Crippen LogP contribution >= 0.6 is 0 Å². The molecule has 0 spiro atoms. The molecule has 0 rings (SSSR count). The van der Waals surface area contributed by atoms with E-state index in [0.717, 1.165) is 0 Å². The molecule has 0 aromatic heterocycles. The van der Waals surface area contributed by atoms with E-state index in [0.29, 0.717) is 0 Å². The van der Waals surface area contributed by atoms with Gasteiger partial charge in [-0.15, -0.1) is 0 Å². The van der Waals surface area contributed by atoms with Gasteiger partial charge in [0, 0.05) is 104 Å². The van der Waals surface area contributed by atoms with E-state index in [1.807, 2.05) is 0 Å². The fourth-order valence-electron chi connectivity index (χ4n) is 0. The van der Waals surface area contributed by atoms with Gasteiger partial charge in [0.1, 0.15) is 0 Å². The SMILES string of the molecule is [Ce].[Mn].[V].[Zr]. The Kier molecular flexibility index (Phi) is 107. The molecule has 0 aliphatic carbocycles. The molecule has 0 aliphatic rings. The maximum atomic E-state index is 0. The van der Waals surface area contributed by atoms with Gasteiger partial charge < -0.3 is 0 Å². The molecular weight excluding hydrogens is 337 g/mol. The molecule has 0 atom stereocenters. The summed E-state index contributed by atoms with van der Waals surface area (Å²) in [5, 5.41) is 0. The van der Waals surface area contributed by atoms with Crippen molar-refractivity contribution in [1.82, 2.24) is 0 Å². The summed E-state index contributed by atoms with van der Waals surface area (Å²) < 4.78 is 0. The van der Waals surface area contributed by atoms with Crippen LogP contribution in [0.25, 0.3) is 0 Å². The monoisotopic (exact) mass is 336 g/mol. The summed E-state index contributed by atoms with van der Waals surface area (Å²) in [5.41, 5.74) is 0. The first kappa shape index (κ1) is 26.4. The Labute approximate surface area is 101 Å². The van der Waals surface area contributed by atoms with Crippen LogP contribution < -0.4 is 0 Å². The van der Waals surface area contributed by atoms with Gasteiger partial charge in [0.05, 0.1) is 0 Å². The largest absolute Gasteiger partial charge is 0 e. The van der Waals surface area contributed by atoms with E-state index in [2.05, 4.69) is 0 Å². The van der Waals surface area contributed by atoms with E-state index < -0.39 is 0 Å². The van der Waals surface area contributed by atoms with Crippen molar-refractivity contribution >= 4 is 0 Å². The second-order valence-electron chi connectivity index (χ2n) is 0. The summed E-state index contributed by atoms with van der Waals surface area (Å²) in [6, 6.07) is 0. The van der Waals surface area contributed by atoms with E-state index >= 15 is 0 Å². The molecular formula is CeMnVZr. The van der Waals surface area contributed by atoms with Gasteiger partial charge in [0.25, 0.3) is 0 Å². The Morgan fingerprint density at radius 3 is 1.00 bits per heavy atom. The molecule has 0 fully saturated rings. The van der Waals surface area contributed by atoms with Crippen molar-refractivity contribution in [1.29, 1.82) is 0 Å². The smallest absolute Gasteiger partial charge is 0 e. The molecule has 0 unspecified atom stereocenters. The topological polar surface area (TPSA) is 0 Å². The van der Waals surface area contributed by atoms with Crippen molar-refractivity contribution in [2.24, 2.45) is 0 Å². The average Bonchev–Trinajstić information content (AvgIpc) is 0. The standard InChI is InChI=1S/Ce.Mn.V.Zr. The van der Waals surface area contributed by atoms with Crippen molar-refractivity contribution in [3.05, 3.63) is 0 Å². The zero-order chi connectivity index (χ0) is 0. The van der Waals surface area contributed by atoms with Crippen molar-refractivity contribution < 1.29 is 104 Å². The fourth-order valence-corrected chi connectivity index (χ4v) is 0. The molecule has 0 saturated carbocycles. The summed E-state index contributed by atoms with van der Waals surface area (Å²) >= 11 is 0. The van der Waals surface area contributed by atoms with Crippen LogP contribution in [0.15, 0.2) is 0 Å². The third-order valence-electron chi connectivity index (χ3n) is 0. The minimum Gasteiger partial charge on any atom is 0 e. The zero-order valence-corrected chi connectivity index (χ0v) is 10.0. The van der Waals surface area contributed by atoms with E-state index in [1.165, 1.54) is 0 Å². The second kappa shape index (κ2) is 16.2. The fraction of sp³-hybridized carbons (Fsp3) is 0. The summed E-state index contributed by atoms with van der Waals surface area (Å²) in [4.78, 5) is 0. The summed E-state index contributed by atoms with van der Waals surface area (Å²) in [5.74, 6) is 0. The van der Waals surface area contributed by atoms with Gasteiger partial charge >= 0.3 is 0 Å². The minimum atomic E-state index is 0. The van der Waals surface area contributed by atoms with E-state index in [1.54, 1.807) is 0 Å². The molecule has 0 heterocycles. The zero-order valence-electron chi connectivity index (χ0n) is 1.83. The van der Waals surface area contributed by atoms with Crippen LogP contribution in [0, 0.1) is 41.7 Å². The first-order chi connectivity index (χ1) is 0. The molecule has 0 amide bonds. The molecule has 0 aromatic carbocycles. The third kappa shape index (κ3) is 9.03. The first-order valence-corrected chi connectivity index (χ1v) is 0. The van der Waals surface area contributed by atoms with Gasteiger partial charge in [-0.05, 0) is 0 Å². The summed E-state index contributed by atoms with van der Waals surface area (Å²) in [7, 11) is 0. The molecule has 0 N–H and O–H groups in total. The molecule has 0 aliphatic heterocycles.